The van der Waals surface area contributed by atoms with Gasteiger partial charge in [-0.05, 0) is 44.5 Å². The number of aromatic nitrogens is 2. The molecule has 0 spiro atoms. The zero-order valence-electron chi connectivity index (χ0n) is 18.4. The normalized spacial score (nSPS) is 22.1. The summed E-state index contributed by atoms with van der Waals surface area (Å²) < 4.78 is 2.18. The molecule has 2 aromatic heterocycles. The Morgan fingerprint density at radius 1 is 1.16 bits per heavy atom. The monoisotopic (exact) mass is 469 g/mol. The number of piperazine rings is 1. The first-order chi connectivity index (χ1) is 15.4. The molecule has 3 fully saturated rings. The number of likely N-dealkylation sites (N-methyl/N-ethyl adjacent to an activating group) is 1. The molecule has 168 valence electrons. The SMILES string of the molecule is Cc1cccn2c(=O)c(/C=C3\SC(=S)N(C4CCCC4)C3=O)c(N3CCN(C)CC3)nc12. The van der Waals surface area contributed by atoms with Crippen molar-refractivity contribution in [1.82, 2.24) is 19.2 Å². The molecule has 2 aromatic rings. The molecule has 0 N–H and O–H groups in total. The molecule has 0 bridgehead atoms. The molecule has 5 rings (SSSR count). The van der Waals surface area contributed by atoms with E-state index in [0.717, 1.165) is 57.4 Å². The van der Waals surface area contributed by atoms with Crippen molar-refractivity contribution in [2.75, 3.05) is 38.1 Å². The smallest absolute Gasteiger partial charge is 0.267 e. The van der Waals surface area contributed by atoms with Crippen LogP contribution in [-0.2, 0) is 4.79 Å². The van der Waals surface area contributed by atoms with Crippen molar-refractivity contribution in [3.05, 3.63) is 44.7 Å². The van der Waals surface area contributed by atoms with Crippen LogP contribution in [0.3, 0.4) is 0 Å². The Labute approximate surface area is 197 Å². The number of hydrogen-bond acceptors (Lipinski definition) is 7. The topological polar surface area (TPSA) is 61.2 Å². The van der Waals surface area contributed by atoms with E-state index in [0.29, 0.717) is 26.3 Å². The molecule has 0 atom stereocenters. The van der Waals surface area contributed by atoms with E-state index in [1.807, 2.05) is 19.1 Å². The van der Waals surface area contributed by atoms with Crippen LogP contribution in [0.1, 0.15) is 36.8 Å². The first-order valence-corrected chi connectivity index (χ1v) is 12.4. The molecule has 7 nitrogen and oxygen atoms in total. The first kappa shape index (κ1) is 21.6. The van der Waals surface area contributed by atoms with Gasteiger partial charge in [-0.25, -0.2) is 4.98 Å². The van der Waals surface area contributed by atoms with E-state index < -0.39 is 0 Å². The number of thioether (sulfide) groups is 1. The first-order valence-electron chi connectivity index (χ1n) is 11.2. The summed E-state index contributed by atoms with van der Waals surface area (Å²) in [5.74, 6) is 0.577. The summed E-state index contributed by atoms with van der Waals surface area (Å²) in [5, 5.41) is 0. The number of amides is 1. The number of carbonyl (C=O) groups is 1. The molecule has 32 heavy (non-hydrogen) atoms. The molecule has 4 heterocycles. The highest BCUT2D eigenvalue weighted by Gasteiger charge is 2.38. The van der Waals surface area contributed by atoms with Gasteiger partial charge in [0.25, 0.3) is 11.5 Å². The molecule has 1 amide bonds. The third-order valence-electron chi connectivity index (χ3n) is 6.66. The number of thiocarbonyl (C=S) groups is 1. The fraction of sp³-hybridized carbons (Fsp3) is 0.478. The second kappa shape index (κ2) is 8.61. The molecule has 9 heteroatoms. The molecule has 0 radical (unpaired) electrons. The van der Waals surface area contributed by atoms with Crippen LogP contribution in [0.25, 0.3) is 11.7 Å². The largest absolute Gasteiger partial charge is 0.353 e. The van der Waals surface area contributed by atoms with Gasteiger partial charge in [0, 0.05) is 38.4 Å². The lowest BCUT2D eigenvalue weighted by atomic mass is 10.2. The molecular weight excluding hydrogens is 442 g/mol. The minimum atomic E-state index is -0.154. The summed E-state index contributed by atoms with van der Waals surface area (Å²) in [6, 6.07) is 4.00. The molecule has 1 saturated carbocycles. The van der Waals surface area contributed by atoms with E-state index in [2.05, 4.69) is 16.8 Å². The maximum absolute atomic E-state index is 13.6. The zero-order chi connectivity index (χ0) is 22.4. The summed E-state index contributed by atoms with van der Waals surface area (Å²) in [7, 11) is 2.10. The van der Waals surface area contributed by atoms with Crippen LogP contribution in [0.2, 0.25) is 0 Å². The average molecular weight is 470 g/mol. The van der Waals surface area contributed by atoms with Gasteiger partial charge in [0.15, 0.2) is 0 Å². The minimum Gasteiger partial charge on any atom is -0.353 e. The Bertz CT molecular complexity index is 1180. The van der Waals surface area contributed by atoms with Crippen LogP contribution < -0.4 is 10.5 Å². The quantitative estimate of drug-likeness (QED) is 0.506. The van der Waals surface area contributed by atoms with Crippen molar-refractivity contribution in [3.63, 3.8) is 0 Å². The lowest BCUT2D eigenvalue weighted by molar-refractivity contribution is -0.123. The number of anilines is 1. The molecule has 0 unspecified atom stereocenters. The average Bonchev–Trinajstić information content (AvgIpc) is 3.39. The molecule has 1 aliphatic carbocycles. The number of hydrogen-bond donors (Lipinski definition) is 0. The highest BCUT2D eigenvalue weighted by Crippen LogP contribution is 2.38. The molecule has 2 aliphatic heterocycles. The predicted octanol–water partition coefficient (Wildman–Crippen LogP) is 2.90. The Hall–Kier alpha value is -2.23. The maximum Gasteiger partial charge on any atom is 0.267 e. The standard InChI is InChI=1S/C23H27N5O2S2/c1-15-6-5-9-27-19(15)24-20(26-12-10-25(2)11-13-26)17(21(27)29)14-18-22(30)28(23(31)32-18)16-7-3-4-8-16/h5-6,9,14,16H,3-4,7-8,10-13H2,1-2H3/b18-14-. The number of carbonyl (C=O) groups excluding carboxylic acids is 1. The van der Waals surface area contributed by atoms with E-state index in [9.17, 15) is 9.59 Å². The van der Waals surface area contributed by atoms with Crippen LogP contribution in [0.4, 0.5) is 5.82 Å². The van der Waals surface area contributed by atoms with Gasteiger partial charge >= 0.3 is 0 Å². The van der Waals surface area contributed by atoms with Gasteiger partial charge in [-0.2, -0.15) is 0 Å². The van der Waals surface area contributed by atoms with Crippen molar-refractivity contribution >= 4 is 51.7 Å². The molecule has 2 saturated heterocycles. The zero-order valence-corrected chi connectivity index (χ0v) is 20.0. The summed E-state index contributed by atoms with van der Waals surface area (Å²) in [4.78, 5) is 38.5. The Balaban J connectivity index is 1.62. The number of rotatable bonds is 3. The summed E-state index contributed by atoms with van der Waals surface area (Å²) >= 11 is 6.86. The maximum atomic E-state index is 13.6. The van der Waals surface area contributed by atoms with Crippen molar-refractivity contribution in [2.24, 2.45) is 0 Å². The van der Waals surface area contributed by atoms with Crippen LogP contribution in [0.5, 0.6) is 0 Å². The van der Waals surface area contributed by atoms with Crippen LogP contribution in [0.15, 0.2) is 28.0 Å². The van der Waals surface area contributed by atoms with Gasteiger partial charge in [0.1, 0.15) is 15.8 Å². The number of fused-ring (bicyclic) bond motifs is 1. The molecule has 0 aromatic carbocycles. The van der Waals surface area contributed by atoms with E-state index in [1.54, 1.807) is 21.6 Å². The molecular formula is C23H27N5O2S2. The van der Waals surface area contributed by atoms with E-state index in [-0.39, 0.29) is 17.5 Å². The summed E-state index contributed by atoms with van der Waals surface area (Å²) in [6.45, 7) is 5.34. The van der Waals surface area contributed by atoms with Crippen molar-refractivity contribution in [3.8, 4) is 0 Å². The van der Waals surface area contributed by atoms with Gasteiger partial charge in [-0.3, -0.25) is 18.9 Å². The van der Waals surface area contributed by atoms with E-state index in [4.69, 9.17) is 17.2 Å². The second-order valence-electron chi connectivity index (χ2n) is 8.82. The summed E-state index contributed by atoms with van der Waals surface area (Å²) in [5.41, 5.74) is 1.91. The van der Waals surface area contributed by atoms with Crippen LogP contribution in [0, 0.1) is 6.92 Å². The van der Waals surface area contributed by atoms with Gasteiger partial charge < -0.3 is 9.80 Å². The Morgan fingerprint density at radius 2 is 1.88 bits per heavy atom. The van der Waals surface area contributed by atoms with Crippen molar-refractivity contribution in [2.45, 2.75) is 38.6 Å². The number of aryl methyl sites for hydroxylation is 1. The van der Waals surface area contributed by atoms with Gasteiger partial charge in [-0.1, -0.05) is 42.9 Å². The third kappa shape index (κ3) is 3.76. The second-order valence-corrected chi connectivity index (χ2v) is 10.5. The lowest BCUT2D eigenvalue weighted by Gasteiger charge is -2.34. The van der Waals surface area contributed by atoms with E-state index in [1.165, 1.54) is 11.8 Å². The lowest BCUT2D eigenvalue weighted by Crippen LogP contribution is -2.45. The number of pyridine rings is 1. The molecule has 3 aliphatic rings. The van der Waals surface area contributed by atoms with E-state index >= 15 is 0 Å². The van der Waals surface area contributed by atoms with Crippen LogP contribution >= 0.6 is 24.0 Å². The Morgan fingerprint density at radius 3 is 2.59 bits per heavy atom. The number of nitrogens with zero attached hydrogens (tertiary/aromatic N) is 5. The van der Waals surface area contributed by atoms with Gasteiger partial charge in [-0.15, -0.1) is 0 Å². The van der Waals surface area contributed by atoms with Crippen molar-refractivity contribution < 1.29 is 4.79 Å². The van der Waals surface area contributed by atoms with Gasteiger partial charge in [0.2, 0.25) is 0 Å². The predicted molar refractivity (Wildman–Crippen MR) is 133 cm³/mol. The third-order valence-corrected chi connectivity index (χ3v) is 7.99. The fourth-order valence-corrected chi connectivity index (χ4v) is 6.16. The summed E-state index contributed by atoms with van der Waals surface area (Å²) in [6.07, 6.45) is 7.71. The fourth-order valence-electron chi connectivity index (χ4n) is 4.77. The Kier molecular flexibility index (Phi) is 5.81. The highest BCUT2D eigenvalue weighted by atomic mass is 32.2. The highest BCUT2D eigenvalue weighted by molar-refractivity contribution is 8.26. The minimum absolute atomic E-state index is 0.0787. The van der Waals surface area contributed by atoms with Gasteiger partial charge in [0.05, 0.1) is 10.5 Å². The van der Waals surface area contributed by atoms with Crippen LogP contribution in [-0.4, -0.2) is 68.7 Å². The van der Waals surface area contributed by atoms with Crippen molar-refractivity contribution in [1.29, 1.82) is 0 Å².